The van der Waals surface area contributed by atoms with Gasteiger partial charge in [0.15, 0.2) is 5.43 Å². The fraction of sp³-hybridized carbons (Fsp3) is 0.611. The van der Waals surface area contributed by atoms with E-state index in [4.69, 9.17) is 0 Å². The molecule has 21 heavy (non-hydrogen) atoms. The fourth-order valence-corrected chi connectivity index (χ4v) is 2.68. The van der Waals surface area contributed by atoms with Gasteiger partial charge in [-0.2, -0.15) is 4.73 Å². The molecule has 3 heteroatoms. The summed E-state index contributed by atoms with van der Waals surface area (Å²) in [5.74, 6) is 0. The Hall–Kier alpha value is -1.51. The Morgan fingerprint density at radius 3 is 2.19 bits per heavy atom. The molecule has 0 amide bonds. The molecule has 0 saturated heterocycles. The maximum atomic E-state index is 12.1. The van der Waals surface area contributed by atoms with Crippen molar-refractivity contribution in [3.63, 3.8) is 0 Å². The number of hydrogen-bond acceptors (Lipinski definition) is 2. The van der Waals surface area contributed by atoms with Crippen molar-refractivity contribution < 1.29 is 5.21 Å². The van der Waals surface area contributed by atoms with Crippen LogP contribution < -0.4 is 5.43 Å². The molecule has 1 heterocycles. The van der Waals surface area contributed by atoms with Gasteiger partial charge in [0.25, 0.3) is 0 Å². The highest BCUT2D eigenvalue weighted by Gasteiger charge is 2.13. The molecule has 118 valence electrons. The first-order chi connectivity index (χ1) is 10.0. The van der Waals surface area contributed by atoms with Gasteiger partial charge in [0, 0.05) is 11.1 Å². The van der Waals surface area contributed by atoms with Crippen LogP contribution in [0.4, 0.5) is 0 Å². The Morgan fingerprint density at radius 2 is 1.57 bits per heavy atom. The number of rotatable bonds is 9. The molecule has 0 unspecified atom stereocenters. The van der Waals surface area contributed by atoms with Gasteiger partial charge >= 0.3 is 0 Å². The normalized spacial score (nSPS) is 10.8. The number of unbranched alkanes of at least 4 members (excludes halogenated alkanes) is 6. The van der Waals surface area contributed by atoms with E-state index in [1.54, 1.807) is 13.8 Å². The standard InChI is InChI=1S/C18H29NO2/c1-5-6-7-8-9-10-11-12-13-17-15(3)18(20)14(2)16(4)19(17)21/h5,21H,1,6-13H2,2-4H3. The Labute approximate surface area is 128 Å². The molecule has 1 aromatic heterocycles. The second-order valence-corrected chi connectivity index (χ2v) is 5.87. The third-order valence-corrected chi connectivity index (χ3v) is 4.30. The summed E-state index contributed by atoms with van der Waals surface area (Å²) < 4.78 is 1.20. The lowest BCUT2D eigenvalue weighted by Gasteiger charge is -2.15. The number of allylic oxidation sites excluding steroid dienone is 1. The summed E-state index contributed by atoms with van der Waals surface area (Å²) in [6.07, 6.45) is 11.0. The van der Waals surface area contributed by atoms with Gasteiger partial charge in [-0.05, 0) is 46.5 Å². The molecule has 0 aliphatic carbocycles. The maximum absolute atomic E-state index is 12.1. The molecular formula is C18H29NO2. The van der Waals surface area contributed by atoms with Crippen LogP contribution in [0.1, 0.15) is 67.5 Å². The number of pyridine rings is 1. The topological polar surface area (TPSA) is 42.2 Å². The van der Waals surface area contributed by atoms with Crippen LogP contribution in [-0.4, -0.2) is 9.94 Å². The van der Waals surface area contributed by atoms with Crippen LogP contribution in [0.2, 0.25) is 0 Å². The largest absolute Gasteiger partial charge is 0.428 e. The highest BCUT2D eigenvalue weighted by Crippen LogP contribution is 2.14. The van der Waals surface area contributed by atoms with E-state index in [-0.39, 0.29) is 5.43 Å². The summed E-state index contributed by atoms with van der Waals surface area (Å²) in [6, 6.07) is 0. The second kappa shape index (κ2) is 8.71. The van der Waals surface area contributed by atoms with E-state index in [2.05, 4.69) is 6.58 Å². The average Bonchev–Trinajstić information content (AvgIpc) is 2.49. The zero-order valence-corrected chi connectivity index (χ0v) is 13.7. The molecule has 0 fully saturated rings. The lowest BCUT2D eigenvalue weighted by molar-refractivity contribution is 0.165. The zero-order valence-electron chi connectivity index (χ0n) is 13.7. The minimum absolute atomic E-state index is 0.0669. The monoisotopic (exact) mass is 291 g/mol. The van der Waals surface area contributed by atoms with Crippen LogP contribution in [-0.2, 0) is 6.42 Å². The maximum Gasteiger partial charge on any atom is 0.188 e. The van der Waals surface area contributed by atoms with Crippen molar-refractivity contribution >= 4 is 0 Å². The number of nitrogens with zero attached hydrogens (tertiary/aromatic N) is 1. The molecule has 0 radical (unpaired) electrons. The smallest absolute Gasteiger partial charge is 0.188 e. The van der Waals surface area contributed by atoms with Crippen LogP contribution in [0.25, 0.3) is 0 Å². The van der Waals surface area contributed by atoms with E-state index in [1.807, 2.05) is 13.0 Å². The summed E-state index contributed by atoms with van der Waals surface area (Å²) >= 11 is 0. The van der Waals surface area contributed by atoms with Gasteiger partial charge in [0.1, 0.15) is 0 Å². The van der Waals surface area contributed by atoms with Crippen LogP contribution >= 0.6 is 0 Å². The van der Waals surface area contributed by atoms with Crippen molar-refractivity contribution in [3.8, 4) is 0 Å². The van der Waals surface area contributed by atoms with Crippen LogP contribution in [0.3, 0.4) is 0 Å². The Bertz CT molecular complexity index is 529. The van der Waals surface area contributed by atoms with E-state index >= 15 is 0 Å². The summed E-state index contributed by atoms with van der Waals surface area (Å²) in [5.41, 5.74) is 2.82. The van der Waals surface area contributed by atoms with E-state index in [9.17, 15) is 10.0 Å². The van der Waals surface area contributed by atoms with Crippen molar-refractivity contribution in [2.45, 2.75) is 72.1 Å². The molecule has 0 aliphatic heterocycles. The summed E-state index contributed by atoms with van der Waals surface area (Å²) in [4.78, 5) is 12.1. The molecule has 1 aromatic rings. The van der Waals surface area contributed by atoms with Crippen molar-refractivity contribution in [2.75, 3.05) is 0 Å². The lowest BCUT2D eigenvalue weighted by atomic mass is 10.0. The van der Waals surface area contributed by atoms with Gasteiger partial charge in [0.05, 0.1) is 11.4 Å². The minimum Gasteiger partial charge on any atom is -0.428 e. The van der Waals surface area contributed by atoms with Gasteiger partial charge in [-0.1, -0.05) is 31.8 Å². The van der Waals surface area contributed by atoms with Crippen molar-refractivity contribution in [2.24, 2.45) is 0 Å². The molecule has 0 saturated carbocycles. The second-order valence-electron chi connectivity index (χ2n) is 5.87. The van der Waals surface area contributed by atoms with Gasteiger partial charge < -0.3 is 5.21 Å². The highest BCUT2D eigenvalue weighted by molar-refractivity contribution is 5.29. The van der Waals surface area contributed by atoms with Gasteiger partial charge in [-0.3, -0.25) is 4.79 Å². The van der Waals surface area contributed by atoms with Crippen LogP contribution in [0, 0.1) is 20.8 Å². The SMILES string of the molecule is C=CCCCCCCCCc1c(C)c(=O)c(C)c(C)n1O. The van der Waals surface area contributed by atoms with Gasteiger partial charge in [0.2, 0.25) is 0 Å². The van der Waals surface area contributed by atoms with Gasteiger partial charge in [-0.25, -0.2) is 0 Å². The van der Waals surface area contributed by atoms with Crippen LogP contribution in [0.15, 0.2) is 17.4 Å². The first-order valence-corrected chi connectivity index (χ1v) is 8.02. The summed E-state index contributed by atoms with van der Waals surface area (Å²) in [7, 11) is 0. The third kappa shape index (κ3) is 4.76. The zero-order chi connectivity index (χ0) is 15.8. The molecule has 0 spiro atoms. The number of aromatic nitrogens is 1. The van der Waals surface area contributed by atoms with E-state index in [0.29, 0.717) is 16.8 Å². The molecule has 0 aliphatic rings. The summed E-state index contributed by atoms with van der Waals surface area (Å²) in [5, 5.41) is 10.2. The van der Waals surface area contributed by atoms with Gasteiger partial charge in [-0.15, -0.1) is 6.58 Å². The molecule has 0 atom stereocenters. The third-order valence-electron chi connectivity index (χ3n) is 4.30. The van der Waals surface area contributed by atoms with Crippen molar-refractivity contribution in [3.05, 3.63) is 45.4 Å². The predicted octanol–water partition coefficient (Wildman–Crippen LogP) is 4.47. The summed E-state index contributed by atoms with van der Waals surface area (Å²) in [6.45, 7) is 9.10. The fourth-order valence-electron chi connectivity index (χ4n) is 2.68. The molecule has 3 nitrogen and oxygen atoms in total. The molecule has 0 aromatic carbocycles. The van der Waals surface area contributed by atoms with E-state index < -0.39 is 0 Å². The molecule has 1 rings (SSSR count). The minimum atomic E-state index is 0.0669. The van der Waals surface area contributed by atoms with Crippen molar-refractivity contribution in [1.29, 1.82) is 0 Å². The quantitative estimate of drug-likeness (QED) is 0.414. The Balaban J connectivity index is 2.46. The predicted molar refractivity (Wildman–Crippen MR) is 88.3 cm³/mol. The number of hydrogen-bond donors (Lipinski definition) is 1. The van der Waals surface area contributed by atoms with Crippen LogP contribution in [0.5, 0.6) is 0 Å². The molecule has 1 N–H and O–H groups in total. The lowest BCUT2D eigenvalue weighted by Crippen LogP contribution is -2.21. The first-order valence-electron chi connectivity index (χ1n) is 8.02. The highest BCUT2D eigenvalue weighted by atomic mass is 16.5. The van der Waals surface area contributed by atoms with Crippen molar-refractivity contribution in [1.82, 2.24) is 4.73 Å². The molecule has 0 bridgehead atoms. The molecular weight excluding hydrogens is 262 g/mol. The van der Waals surface area contributed by atoms with E-state index in [1.165, 1.54) is 30.4 Å². The first kappa shape index (κ1) is 17.5. The van der Waals surface area contributed by atoms with E-state index in [0.717, 1.165) is 31.4 Å². The Kier molecular flexibility index (Phi) is 7.27. The average molecular weight is 291 g/mol. The Morgan fingerprint density at radius 1 is 1.00 bits per heavy atom.